The molecule has 7 heteroatoms. The van der Waals surface area contributed by atoms with Gasteiger partial charge in [0.15, 0.2) is 0 Å². The van der Waals surface area contributed by atoms with Crippen LogP contribution in [-0.2, 0) is 21.4 Å². The highest BCUT2D eigenvalue weighted by Gasteiger charge is 2.30. The monoisotopic (exact) mass is 299 g/mol. The molecule has 0 saturated carbocycles. The maximum absolute atomic E-state index is 12.2. The molecule has 0 aliphatic carbocycles. The summed E-state index contributed by atoms with van der Waals surface area (Å²) in [5.41, 5.74) is 1.01. The van der Waals surface area contributed by atoms with Gasteiger partial charge in [0, 0.05) is 32.0 Å². The number of ether oxygens (including phenoxy) is 1. The highest BCUT2D eigenvalue weighted by atomic mass is 32.2. The largest absolute Gasteiger partial charge is 0.373 e. The second kappa shape index (κ2) is 6.62. The Bertz CT molecular complexity index is 511. The zero-order valence-electron chi connectivity index (χ0n) is 11.8. The van der Waals surface area contributed by atoms with Crippen LogP contribution in [0.5, 0.6) is 0 Å². The number of morpholine rings is 1. The van der Waals surface area contributed by atoms with Crippen LogP contribution in [0.1, 0.15) is 19.4 Å². The van der Waals surface area contributed by atoms with E-state index in [9.17, 15) is 8.42 Å². The predicted molar refractivity (Wildman–Crippen MR) is 76.4 cm³/mol. The molecule has 6 nitrogen and oxygen atoms in total. The van der Waals surface area contributed by atoms with Gasteiger partial charge in [0.1, 0.15) is 0 Å². The Balaban J connectivity index is 1.87. The van der Waals surface area contributed by atoms with Crippen LogP contribution in [0.4, 0.5) is 0 Å². The standard InChI is InChI=1S/C13H21N3O3S/c1-11-9-16(10-12(2)19-11)20(17,18)15-7-5-13-4-3-6-14-8-13/h3-4,6,8,11-12,15H,5,7,9-10H2,1-2H3. The molecule has 0 bridgehead atoms. The summed E-state index contributed by atoms with van der Waals surface area (Å²) >= 11 is 0. The van der Waals surface area contributed by atoms with E-state index in [-0.39, 0.29) is 12.2 Å². The third-order valence-electron chi connectivity index (χ3n) is 3.15. The molecule has 1 saturated heterocycles. The fraction of sp³-hybridized carbons (Fsp3) is 0.615. The lowest BCUT2D eigenvalue weighted by Gasteiger charge is -2.34. The number of aromatic nitrogens is 1. The summed E-state index contributed by atoms with van der Waals surface area (Å²) in [6.07, 6.45) is 3.92. The van der Waals surface area contributed by atoms with Crippen molar-refractivity contribution in [3.8, 4) is 0 Å². The summed E-state index contributed by atoms with van der Waals surface area (Å²) in [7, 11) is -3.44. The number of rotatable bonds is 5. The first-order valence-corrected chi connectivity index (χ1v) is 8.20. The molecule has 1 fully saturated rings. The molecule has 0 radical (unpaired) electrons. The molecular weight excluding hydrogens is 278 g/mol. The molecule has 2 atom stereocenters. The number of hydrogen-bond acceptors (Lipinski definition) is 4. The van der Waals surface area contributed by atoms with Crippen LogP contribution >= 0.6 is 0 Å². The van der Waals surface area contributed by atoms with Gasteiger partial charge in [-0.05, 0) is 31.9 Å². The Morgan fingerprint density at radius 1 is 1.40 bits per heavy atom. The highest BCUT2D eigenvalue weighted by molar-refractivity contribution is 7.87. The average Bonchev–Trinajstić information content (AvgIpc) is 2.38. The summed E-state index contributed by atoms with van der Waals surface area (Å²) in [6.45, 7) is 4.93. The third-order valence-corrected chi connectivity index (χ3v) is 4.69. The Morgan fingerprint density at radius 2 is 2.10 bits per heavy atom. The fourth-order valence-corrected chi connectivity index (χ4v) is 3.64. The van der Waals surface area contributed by atoms with Crippen LogP contribution in [0.2, 0.25) is 0 Å². The van der Waals surface area contributed by atoms with Gasteiger partial charge in [-0.15, -0.1) is 0 Å². The Hall–Kier alpha value is -1.02. The van der Waals surface area contributed by atoms with E-state index < -0.39 is 10.2 Å². The van der Waals surface area contributed by atoms with Crippen molar-refractivity contribution < 1.29 is 13.2 Å². The second-order valence-corrected chi connectivity index (χ2v) is 6.84. The first-order chi connectivity index (χ1) is 9.47. The molecule has 0 spiro atoms. The van der Waals surface area contributed by atoms with E-state index in [0.29, 0.717) is 26.1 Å². The van der Waals surface area contributed by atoms with Crippen molar-refractivity contribution >= 4 is 10.2 Å². The zero-order chi connectivity index (χ0) is 14.6. The number of nitrogens with zero attached hydrogens (tertiary/aromatic N) is 2. The molecule has 1 N–H and O–H groups in total. The lowest BCUT2D eigenvalue weighted by Crippen LogP contribution is -2.52. The van der Waals surface area contributed by atoms with Crippen molar-refractivity contribution in [3.63, 3.8) is 0 Å². The van der Waals surface area contributed by atoms with E-state index in [1.807, 2.05) is 26.0 Å². The van der Waals surface area contributed by atoms with Crippen LogP contribution in [0.15, 0.2) is 24.5 Å². The quantitative estimate of drug-likeness (QED) is 0.863. The molecule has 1 aliphatic rings. The average molecular weight is 299 g/mol. The molecular formula is C13H21N3O3S. The Kier molecular flexibility index (Phi) is 5.09. The van der Waals surface area contributed by atoms with Crippen LogP contribution in [0.25, 0.3) is 0 Å². The summed E-state index contributed by atoms with van der Waals surface area (Å²) in [6, 6.07) is 3.77. The van der Waals surface area contributed by atoms with Crippen LogP contribution in [0.3, 0.4) is 0 Å². The number of nitrogens with one attached hydrogen (secondary N) is 1. The van der Waals surface area contributed by atoms with E-state index in [0.717, 1.165) is 5.56 Å². The second-order valence-electron chi connectivity index (χ2n) is 5.08. The van der Waals surface area contributed by atoms with E-state index in [1.54, 1.807) is 12.4 Å². The zero-order valence-corrected chi connectivity index (χ0v) is 12.6. The van der Waals surface area contributed by atoms with Gasteiger partial charge in [0.05, 0.1) is 12.2 Å². The molecule has 2 rings (SSSR count). The number of pyridine rings is 1. The lowest BCUT2D eigenvalue weighted by molar-refractivity contribution is -0.0443. The molecule has 2 heterocycles. The van der Waals surface area contributed by atoms with E-state index in [4.69, 9.17) is 4.74 Å². The fourth-order valence-electron chi connectivity index (χ4n) is 2.29. The summed E-state index contributed by atoms with van der Waals surface area (Å²) in [4.78, 5) is 4.01. The van der Waals surface area contributed by atoms with Crippen molar-refractivity contribution in [3.05, 3.63) is 30.1 Å². The molecule has 1 aliphatic heterocycles. The summed E-state index contributed by atoms with van der Waals surface area (Å²) < 4.78 is 34.1. The topological polar surface area (TPSA) is 71.5 Å². The first-order valence-electron chi connectivity index (χ1n) is 6.76. The van der Waals surface area contributed by atoms with Crippen molar-refractivity contribution in [1.29, 1.82) is 0 Å². The van der Waals surface area contributed by atoms with Crippen molar-refractivity contribution in [2.75, 3.05) is 19.6 Å². The summed E-state index contributed by atoms with van der Waals surface area (Å²) in [5.74, 6) is 0. The molecule has 0 amide bonds. The van der Waals surface area contributed by atoms with Crippen molar-refractivity contribution in [2.24, 2.45) is 0 Å². The highest BCUT2D eigenvalue weighted by Crippen LogP contribution is 2.13. The van der Waals surface area contributed by atoms with Gasteiger partial charge < -0.3 is 4.74 Å². The maximum atomic E-state index is 12.2. The van der Waals surface area contributed by atoms with Crippen molar-refractivity contribution in [2.45, 2.75) is 32.5 Å². The predicted octanol–water partition coefficient (Wildman–Crippen LogP) is 0.568. The van der Waals surface area contributed by atoms with E-state index >= 15 is 0 Å². The van der Waals surface area contributed by atoms with Gasteiger partial charge in [-0.1, -0.05) is 6.07 Å². The van der Waals surface area contributed by atoms with E-state index in [1.165, 1.54) is 4.31 Å². The summed E-state index contributed by atoms with van der Waals surface area (Å²) in [5, 5.41) is 0. The van der Waals surface area contributed by atoms with Gasteiger partial charge in [-0.25, -0.2) is 4.72 Å². The number of hydrogen-bond donors (Lipinski definition) is 1. The Labute approximate surface area is 120 Å². The normalized spacial score (nSPS) is 24.7. The van der Waals surface area contributed by atoms with Gasteiger partial charge in [-0.3, -0.25) is 4.98 Å². The minimum Gasteiger partial charge on any atom is -0.373 e. The maximum Gasteiger partial charge on any atom is 0.279 e. The van der Waals surface area contributed by atoms with Gasteiger partial charge in [0.2, 0.25) is 0 Å². The van der Waals surface area contributed by atoms with E-state index in [2.05, 4.69) is 9.71 Å². The minimum atomic E-state index is -3.44. The molecule has 112 valence electrons. The molecule has 0 aromatic carbocycles. The molecule has 1 aromatic rings. The minimum absolute atomic E-state index is 0.0753. The lowest BCUT2D eigenvalue weighted by atomic mass is 10.2. The molecule has 2 unspecified atom stereocenters. The molecule has 1 aromatic heterocycles. The van der Waals surface area contributed by atoms with Gasteiger partial charge in [0.25, 0.3) is 10.2 Å². The van der Waals surface area contributed by atoms with Gasteiger partial charge >= 0.3 is 0 Å². The molecule has 20 heavy (non-hydrogen) atoms. The van der Waals surface area contributed by atoms with Crippen molar-refractivity contribution in [1.82, 2.24) is 14.0 Å². The van der Waals surface area contributed by atoms with Crippen LogP contribution in [-0.4, -0.2) is 49.5 Å². The Morgan fingerprint density at radius 3 is 2.70 bits per heavy atom. The van der Waals surface area contributed by atoms with Crippen LogP contribution in [0, 0.1) is 0 Å². The van der Waals surface area contributed by atoms with Gasteiger partial charge in [-0.2, -0.15) is 12.7 Å². The SMILES string of the molecule is CC1CN(S(=O)(=O)NCCc2cccnc2)CC(C)O1. The third kappa shape index (κ3) is 4.24. The van der Waals surface area contributed by atoms with Crippen LogP contribution < -0.4 is 4.72 Å². The first kappa shape index (κ1) is 15.4. The smallest absolute Gasteiger partial charge is 0.279 e.